The van der Waals surface area contributed by atoms with Crippen LogP contribution in [0.2, 0.25) is 5.02 Å². The van der Waals surface area contributed by atoms with E-state index in [1.807, 2.05) is 74.1 Å². The molecule has 2 heterocycles. The van der Waals surface area contributed by atoms with Crippen molar-refractivity contribution in [2.24, 2.45) is 7.05 Å². The first-order valence-corrected chi connectivity index (χ1v) is 9.98. The van der Waals surface area contributed by atoms with Gasteiger partial charge in [-0.3, -0.25) is 4.79 Å². The molecule has 0 aliphatic carbocycles. The van der Waals surface area contributed by atoms with Gasteiger partial charge in [-0.15, -0.1) is 0 Å². The normalized spacial score (nSPS) is 12.0. The molecule has 6 nitrogen and oxygen atoms in total. The number of benzene rings is 2. The summed E-state index contributed by atoms with van der Waals surface area (Å²) >= 11 is 6.25. The Morgan fingerprint density at radius 2 is 1.77 bits per heavy atom. The van der Waals surface area contributed by atoms with Crippen molar-refractivity contribution in [1.29, 1.82) is 0 Å². The number of nitrogens with one attached hydrogen (secondary N) is 1. The maximum absolute atomic E-state index is 13.0. The lowest BCUT2D eigenvalue weighted by atomic mass is 10.1. The third-order valence-corrected chi connectivity index (χ3v) is 5.65. The summed E-state index contributed by atoms with van der Waals surface area (Å²) < 4.78 is 3.69. The molecule has 2 aromatic carbocycles. The van der Waals surface area contributed by atoms with Gasteiger partial charge in [0.05, 0.1) is 22.1 Å². The summed E-state index contributed by atoms with van der Waals surface area (Å²) in [5.41, 5.74) is 4.01. The molecule has 0 saturated carbocycles. The summed E-state index contributed by atoms with van der Waals surface area (Å²) in [6, 6.07) is 16.8. The molecular formula is C23H22ClN5O. The lowest BCUT2D eigenvalue weighted by molar-refractivity contribution is 0.0941. The largest absolute Gasteiger partial charge is 0.338 e. The van der Waals surface area contributed by atoms with Crippen LogP contribution in [0.5, 0.6) is 0 Å². The first-order valence-electron chi connectivity index (χ1n) is 9.61. The standard InChI is InChI=1S/C23H22ClN5O/c1-15-20(24)16(2)29(27-15)19-11-9-18(10-12-19)23(30)26-21(17-7-5-4-6-8-17)22-25-13-14-28(22)3/h4-14,21H,1-3H3,(H,26,30). The van der Waals surface area contributed by atoms with Crippen LogP contribution in [0, 0.1) is 13.8 Å². The summed E-state index contributed by atoms with van der Waals surface area (Å²) in [4.78, 5) is 17.5. The van der Waals surface area contributed by atoms with Crippen molar-refractivity contribution in [3.63, 3.8) is 0 Å². The number of hydrogen-bond donors (Lipinski definition) is 1. The van der Waals surface area contributed by atoms with Crippen molar-refractivity contribution in [3.8, 4) is 5.69 Å². The highest BCUT2D eigenvalue weighted by molar-refractivity contribution is 6.31. The molecule has 0 aliphatic rings. The molecule has 1 N–H and O–H groups in total. The van der Waals surface area contributed by atoms with E-state index in [0.717, 1.165) is 28.5 Å². The second kappa shape index (κ2) is 8.16. The van der Waals surface area contributed by atoms with Gasteiger partial charge in [0.25, 0.3) is 5.91 Å². The molecule has 2 aromatic heterocycles. The number of aryl methyl sites for hydroxylation is 2. The van der Waals surface area contributed by atoms with E-state index in [2.05, 4.69) is 15.4 Å². The van der Waals surface area contributed by atoms with Crippen LogP contribution in [0.1, 0.15) is 39.2 Å². The molecule has 0 bridgehead atoms. The maximum atomic E-state index is 13.0. The second-order valence-electron chi connectivity index (χ2n) is 7.16. The van der Waals surface area contributed by atoms with Gasteiger partial charge in [-0.25, -0.2) is 9.67 Å². The number of imidazole rings is 1. The predicted octanol–water partition coefficient (Wildman–Crippen LogP) is 4.40. The molecule has 1 unspecified atom stereocenters. The van der Waals surface area contributed by atoms with Crippen molar-refractivity contribution in [2.75, 3.05) is 0 Å². The SMILES string of the molecule is Cc1nn(-c2ccc(C(=O)NC(c3ccccc3)c3nccn3C)cc2)c(C)c1Cl. The minimum atomic E-state index is -0.354. The Morgan fingerprint density at radius 3 is 2.33 bits per heavy atom. The van der Waals surface area contributed by atoms with E-state index in [0.29, 0.717) is 10.6 Å². The van der Waals surface area contributed by atoms with Crippen molar-refractivity contribution < 1.29 is 4.79 Å². The van der Waals surface area contributed by atoms with Crippen LogP contribution >= 0.6 is 11.6 Å². The molecule has 7 heteroatoms. The number of rotatable bonds is 5. The van der Waals surface area contributed by atoms with Gasteiger partial charge in [-0.2, -0.15) is 5.10 Å². The molecule has 0 spiro atoms. The van der Waals surface area contributed by atoms with Gasteiger partial charge in [-0.1, -0.05) is 41.9 Å². The average Bonchev–Trinajstić information content (AvgIpc) is 3.30. The number of carbonyl (C=O) groups excluding carboxylic acids is 1. The topological polar surface area (TPSA) is 64.7 Å². The number of nitrogens with zero attached hydrogens (tertiary/aromatic N) is 4. The van der Waals surface area contributed by atoms with E-state index in [9.17, 15) is 4.79 Å². The minimum absolute atomic E-state index is 0.176. The fourth-order valence-electron chi connectivity index (χ4n) is 3.44. The molecule has 0 radical (unpaired) electrons. The molecule has 1 atom stereocenters. The number of aromatic nitrogens is 4. The van der Waals surface area contributed by atoms with Gasteiger partial charge >= 0.3 is 0 Å². The highest BCUT2D eigenvalue weighted by atomic mass is 35.5. The Kier molecular flexibility index (Phi) is 5.42. The van der Waals surface area contributed by atoms with Crippen LogP contribution in [0.3, 0.4) is 0 Å². The van der Waals surface area contributed by atoms with E-state index < -0.39 is 0 Å². The zero-order chi connectivity index (χ0) is 21.3. The molecule has 4 aromatic rings. The van der Waals surface area contributed by atoms with Gasteiger partial charge in [0.1, 0.15) is 11.9 Å². The molecule has 0 saturated heterocycles. The van der Waals surface area contributed by atoms with Crippen molar-refractivity contribution in [2.45, 2.75) is 19.9 Å². The maximum Gasteiger partial charge on any atom is 0.252 e. The van der Waals surface area contributed by atoms with E-state index in [-0.39, 0.29) is 11.9 Å². The summed E-state index contributed by atoms with van der Waals surface area (Å²) in [6.45, 7) is 3.79. The molecule has 4 rings (SSSR count). The van der Waals surface area contributed by atoms with Gasteiger partial charge in [0.2, 0.25) is 0 Å². The van der Waals surface area contributed by atoms with Crippen molar-refractivity contribution >= 4 is 17.5 Å². The van der Waals surface area contributed by atoms with Gasteiger partial charge in [0.15, 0.2) is 0 Å². The fraction of sp³-hybridized carbons (Fsp3) is 0.174. The summed E-state index contributed by atoms with van der Waals surface area (Å²) in [5.74, 6) is 0.591. The fourth-order valence-corrected chi connectivity index (χ4v) is 3.56. The third-order valence-electron chi connectivity index (χ3n) is 5.10. The second-order valence-corrected chi connectivity index (χ2v) is 7.53. The van der Waals surface area contributed by atoms with Gasteiger partial charge in [-0.05, 0) is 43.7 Å². The van der Waals surface area contributed by atoms with Crippen LogP contribution in [-0.4, -0.2) is 25.2 Å². The van der Waals surface area contributed by atoms with Gasteiger partial charge < -0.3 is 9.88 Å². The van der Waals surface area contributed by atoms with E-state index in [1.165, 1.54) is 0 Å². The number of hydrogen-bond acceptors (Lipinski definition) is 3. The van der Waals surface area contributed by atoms with E-state index >= 15 is 0 Å². The third kappa shape index (κ3) is 3.74. The van der Waals surface area contributed by atoms with E-state index in [4.69, 9.17) is 11.6 Å². The Hall–Kier alpha value is -3.38. The molecule has 152 valence electrons. The molecule has 30 heavy (non-hydrogen) atoms. The van der Waals surface area contributed by atoms with Gasteiger partial charge in [0, 0.05) is 25.0 Å². The first-order chi connectivity index (χ1) is 14.5. The number of halogens is 1. The Morgan fingerprint density at radius 1 is 1.07 bits per heavy atom. The number of amides is 1. The van der Waals surface area contributed by atoms with Crippen LogP contribution in [0.15, 0.2) is 67.0 Å². The summed E-state index contributed by atoms with van der Waals surface area (Å²) in [7, 11) is 1.92. The summed E-state index contributed by atoms with van der Waals surface area (Å²) in [5, 5.41) is 8.22. The van der Waals surface area contributed by atoms with Crippen LogP contribution < -0.4 is 5.32 Å². The number of carbonyl (C=O) groups is 1. The molecule has 0 aliphatic heterocycles. The molecule has 1 amide bonds. The Labute approximate surface area is 180 Å². The van der Waals surface area contributed by atoms with Crippen LogP contribution in [0.4, 0.5) is 0 Å². The zero-order valence-electron chi connectivity index (χ0n) is 17.0. The molecule has 0 fully saturated rings. The minimum Gasteiger partial charge on any atom is -0.338 e. The highest BCUT2D eigenvalue weighted by Gasteiger charge is 2.21. The van der Waals surface area contributed by atoms with E-state index in [1.54, 1.807) is 23.0 Å². The molecular weight excluding hydrogens is 398 g/mol. The smallest absolute Gasteiger partial charge is 0.252 e. The van der Waals surface area contributed by atoms with Crippen LogP contribution in [0.25, 0.3) is 5.69 Å². The lowest BCUT2D eigenvalue weighted by Crippen LogP contribution is -2.31. The summed E-state index contributed by atoms with van der Waals surface area (Å²) in [6.07, 6.45) is 3.59. The Balaban J connectivity index is 1.60. The lowest BCUT2D eigenvalue weighted by Gasteiger charge is -2.19. The Bertz CT molecular complexity index is 1180. The van der Waals surface area contributed by atoms with Crippen molar-refractivity contribution in [1.82, 2.24) is 24.6 Å². The highest BCUT2D eigenvalue weighted by Crippen LogP contribution is 2.23. The average molecular weight is 420 g/mol. The predicted molar refractivity (Wildman–Crippen MR) is 117 cm³/mol. The van der Waals surface area contributed by atoms with Crippen molar-refractivity contribution in [3.05, 3.63) is 100 Å². The quantitative estimate of drug-likeness (QED) is 0.521. The van der Waals surface area contributed by atoms with Crippen LogP contribution in [-0.2, 0) is 7.05 Å². The zero-order valence-corrected chi connectivity index (χ0v) is 17.8. The monoisotopic (exact) mass is 419 g/mol. The first kappa shape index (κ1) is 19.9.